The lowest BCUT2D eigenvalue weighted by Crippen LogP contribution is -2.20. The Morgan fingerprint density at radius 2 is 2.00 bits per heavy atom. The number of hydrogen-bond donors (Lipinski definition) is 1. The lowest BCUT2D eigenvalue weighted by atomic mass is 9.98. The van der Waals surface area contributed by atoms with Crippen molar-refractivity contribution in [2.75, 3.05) is 13.1 Å². The molecule has 6 heteroatoms. The summed E-state index contributed by atoms with van der Waals surface area (Å²) < 4.78 is 31.2. The third kappa shape index (κ3) is 3.85. The third-order valence-corrected chi connectivity index (χ3v) is 4.93. The zero-order valence-corrected chi connectivity index (χ0v) is 14.4. The summed E-state index contributed by atoms with van der Waals surface area (Å²) in [4.78, 5) is 2.38. The minimum atomic E-state index is -2.40. The number of alkyl halides is 2. The molecule has 0 amide bonds. The van der Waals surface area contributed by atoms with E-state index < -0.39 is 6.43 Å². The van der Waals surface area contributed by atoms with E-state index in [1.807, 2.05) is 30.3 Å². The maximum atomic E-state index is 12.6. The van der Waals surface area contributed by atoms with Gasteiger partial charge in [-0.2, -0.15) is 5.10 Å². The Morgan fingerprint density at radius 3 is 2.73 bits per heavy atom. The molecule has 26 heavy (non-hydrogen) atoms. The molecular formula is C20H21F2N3O. The van der Waals surface area contributed by atoms with Crippen molar-refractivity contribution in [3.05, 3.63) is 65.5 Å². The van der Waals surface area contributed by atoms with Crippen LogP contribution in [0.25, 0.3) is 11.5 Å². The van der Waals surface area contributed by atoms with Crippen molar-refractivity contribution >= 4 is 0 Å². The number of H-pyrrole nitrogens is 1. The van der Waals surface area contributed by atoms with Crippen molar-refractivity contribution < 1.29 is 13.2 Å². The molecule has 1 aromatic carbocycles. The molecular weight excluding hydrogens is 336 g/mol. The van der Waals surface area contributed by atoms with E-state index in [2.05, 4.69) is 15.1 Å². The second-order valence-electron chi connectivity index (χ2n) is 6.87. The number of benzene rings is 1. The van der Waals surface area contributed by atoms with Gasteiger partial charge in [0.05, 0.1) is 6.54 Å². The summed E-state index contributed by atoms with van der Waals surface area (Å²) in [5.74, 6) is 2.29. The van der Waals surface area contributed by atoms with Crippen LogP contribution in [0.2, 0.25) is 0 Å². The fourth-order valence-electron chi connectivity index (χ4n) is 3.58. The van der Waals surface area contributed by atoms with Gasteiger partial charge in [0.2, 0.25) is 0 Å². The minimum absolute atomic E-state index is 0.0905. The molecule has 0 bridgehead atoms. The van der Waals surface area contributed by atoms with Gasteiger partial charge in [0.15, 0.2) is 5.76 Å². The van der Waals surface area contributed by atoms with Crippen molar-refractivity contribution in [2.24, 2.45) is 5.92 Å². The lowest BCUT2D eigenvalue weighted by molar-refractivity contribution is 0.151. The van der Waals surface area contributed by atoms with Crippen molar-refractivity contribution in [3.8, 4) is 11.5 Å². The monoisotopic (exact) mass is 357 g/mol. The van der Waals surface area contributed by atoms with E-state index in [-0.39, 0.29) is 5.56 Å². The fraction of sp³-hybridized carbons (Fsp3) is 0.350. The molecule has 4 rings (SSSR count). The molecule has 1 unspecified atom stereocenters. The van der Waals surface area contributed by atoms with E-state index in [0.29, 0.717) is 5.92 Å². The standard InChI is InChI=1S/C20H21F2N3O/c21-20(22)16-3-1-14(2-4-16)11-15-8-10-25(12-15)13-17-5-6-19(26-17)18-7-9-23-24-18/h1-7,9,15,20H,8,10-13H2,(H,23,24). The zero-order chi connectivity index (χ0) is 17.9. The van der Waals surface area contributed by atoms with E-state index in [4.69, 9.17) is 4.42 Å². The summed E-state index contributed by atoms with van der Waals surface area (Å²) in [6.07, 6.45) is 1.35. The van der Waals surface area contributed by atoms with Gasteiger partial charge in [0, 0.05) is 18.3 Å². The molecule has 3 aromatic rings. The molecule has 2 aromatic heterocycles. The van der Waals surface area contributed by atoms with Crippen LogP contribution >= 0.6 is 0 Å². The van der Waals surface area contributed by atoms with E-state index >= 15 is 0 Å². The van der Waals surface area contributed by atoms with Gasteiger partial charge in [-0.3, -0.25) is 10.00 Å². The Balaban J connectivity index is 1.31. The molecule has 1 aliphatic rings. The summed E-state index contributed by atoms with van der Waals surface area (Å²) in [6.45, 7) is 2.81. The van der Waals surface area contributed by atoms with Crippen LogP contribution in [0.5, 0.6) is 0 Å². The van der Waals surface area contributed by atoms with Crippen LogP contribution in [0.15, 0.2) is 53.1 Å². The zero-order valence-electron chi connectivity index (χ0n) is 14.4. The first-order chi connectivity index (χ1) is 12.7. The molecule has 4 nitrogen and oxygen atoms in total. The number of halogens is 2. The molecule has 1 saturated heterocycles. The van der Waals surface area contributed by atoms with Gasteiger partial charge in [-0.15, -0.1) is 0 Å². The van der Waals surface area contributed by atoms with Gasteiger partial charge in [-0.05, 0) is 49.1 Å². The number of likely N-dealkylation sites (tertiary alicyclic amines) is 1. The molecule has 0 radical (unpaired) electrons. The van der Waals surface area contributed by atoms with Crippen LogP contribution in [-0.4, -0.2) is 28.2 Å². The Hall–Kier alpha value is -2.47. The Morgan fingerprint density at radius 1 is 1.15 bits per heavy atom. The van der Waals surface area contributed by atoms with Crippen molar-refractivity contribution in [2.45, 2.75) is 25.8 Å². The summed E-state index contributed by atoms with van der Waals surface area (Å²) in [5, 5.41) is 6.84. The van der Waals surface area contributed by atoms with E-state index in [0.717, 1.165) is 55.3 Å². The van der Waals surface area contributed by atoms with Gasteiger partial charge in [0.1, 0.15) is 11.5 Å². The number of furan rings is 1. The molecule has 1 aliphatic heterocycles. The average Bonchev–Trinajstić information content (AvgIpc) is 3.37. The van der Waals surface area contributed by atoms with Crippen LogP contribution in [0.1, 0.15) is 29.7 Å². The smallest absolute Gasteiger partial charge is 0.263 e. The van der Waals surface area contributed by atoms with Gasteiger partial charge < -0.3 is 4.42 Å². The minimum Gasteiger partial charge on any atom is -0.458 e. The highest BCUT2D eigenvalue weighted by molar-refractivity contribution is 5.51. The van der Waals surface area contributed by atoms with Crippen molar-refractivity contribution in [1.82, 2.24) is 15.1 Å². The number of hydrogen-bond acceptors (Lipinski definition) is 3. The Bertz CT molecular complexity index is 827. The Kier molecular flexibility index (Phi) is 4.84. The first kappa shape index (κ1) is 17.0. The molecule has 0 saturated carbocycles. The van der Waals surface area contributed by atoms with Crippen LogP contribution in [-0.2, 0) is 13.0 Å². The molecule has 0 spiro atoms. The molecule has 1 fully saturated rings. The fourth-order valence-corrected chi connectivity index (χ4v) is 3.58. The largest absolute Gasteiger partial charge is 0.458 e. The van der Waals surface area contributed by atoms with Gasteiger partial charge in [0.25, 0.3) is 6.43 Å². The summed E-state index contributed by atoms with van der Waals surface area (Å²) >= 11 is 0. The third-order valence-electron chi connectivity index (χ3n) is 4.93. The maximum absolute atomic E-state index is 12.6. The van der Waals surface area contributed by atoms with Gasteiger partial charge in [-0.25, -0.2) is 8.78 Å². The molecule has 136 valence electrons. The molecule has 3 heterocycles. The van der Waals surface area contributed by atoms with Crippen LogP contribution < -0.4 is 0 Å². The highest BCUT2D eigenvalue weighted by Crippen LogP contribution is 2.26. The number of rotatable bonds is 6. The predicted octanol–water partition coefficient (Wildman–Crippen LogP) is 4.67. The normalized spacial score (nSPS) is 18.0. The number of nitrogens with one attached hydrogen (secondary N) is 1. The maximum Gasteiger partial charge on any atom is 0.263 e. The molecule has 0 aliphatic carbocycles. The first-order valence-corrected chi connectivity index (χ1v) is 8.85. The second kappa shape index (κ2) is 7.41. The Labute approximate surface area is 150 Å². The van der Waals surface area contributed by atoms with Crippen LogP contribution in [0.4, 0.5) is 8.78 Å². The molecule has 1 atom stereocenters. The van der Waals surface area contributed by atoms with Crippen LogP contribution in [0.3, 0.4) is 0 Å². The SMILES string of the molecule is FC(F)c1ccc(CC2CCN(Cc3ccc(-c4ccn[nH]4)o3)C2)cc1. The first-order valence-electron chi connectivity index (χ1n) is 8.85. The second-order valence-corrected chi connectivity index (χ2v) is 6.87. The van der Waals surface area contributed by atoms with Crippen molar-refractivity contribution in [1.29, 1.82) is 0 Å². The summed E-state index contributed by atoms with van der Waals surface area (Å²) in [7, 11) is 0. The number of nitrogens with zero attached hydrogens (tertiary/aromatic N) is 2. The average molecular weight is 357 g/mol. The predicted molar refractivity (Wildman–Crippen MR) is 94.8 cm³/mol. The molecule has 1 N–H and O–H groups in total. The lowest BCUT2D eigenvalue weighted by Gasteiger charge is -2.14. The van der Waals surface area contributed by atoms with Crippen molar-refractivity contribution in [3.63, 3.8) is 0 Å². The highest BCUT2D eigenvalue weighted by Gasteiger charge is 2.23. The van der Waals surface area contributed by atoms with Gasteiger partial charge in [-0.1, -0.05) is 24.3 Å². The van der Waals surface area contributed by atoms with Crippen LogP contribution in [0, 0.1) is 5.92 Å². The van der Waals surface area contributed by atoms with E-state index in [1.54, 1.807) is 6.20 Å². The number of aromatic nitrogens is 2. The summed E-state index contributed by atoms with van der Waals surface area (Å²) in [5.41, 5.74) is 2.09. The van der Waals surface area contributed by atoms with Gasteiger partial charge >= 0.3 is 0 Å². The van der Waals surface area contributed by atoms with E-state index in [9.17, 15) is 8.78 Å². The quantitative estimate of drug-likeness (QED) is 0.697. The topological polar surface area (TPSA) is 45.1 Å². The van der Waals surface area contributed by atoms with E-state index in [1.165, 1.54) is 12.1 Å². The highest BCUT2D eigenvalue weighted by atomic mass is 19.3. The number of aromatic amines is 1. The summed E-state index contributed by atoms with van der Waals surface area (Å²) in [6, 6.07) is 12.6.